The molecule has 2 amide bonds. The lowest BCUT2D eigenvalue weighted by Gasteiger charge is -2.11. The number of nitrogens with one attached hydrogen (secondary N) is 2. The van der Waals surface area contributed by atoms with E-state index in [1.807, 2.05) is 6.92 Å². The average molecular weight is 447 g/mol. The molecule has 0 saturated heterocycles. The van der Waals surface area contributed by atoms with Gasteiger partial charge in [-0.05, 0) is 36.2 Å². The first-order valence-electron chi connectivity index (χ1n) is 9.31. The van der Waals surface area contributed by atoms with Crippen LogP contribution in [-0.4, -0.2) is 21.6 Å². The SMILES string of the molecule is CCc1nn2c(c1-c1ccc(F)cc1)NC(=O)C2CC(=O)Nc1cccc(Cl)c1Cl. The highest BCUT2D eigenvalue weighted by Crippen LogP contribution is 2.39. The normalized spacial score (nSPS) is 15.1. The molecular formula is C21H17Cl2FN4O2. The summed E-state index contributed by atoms with van der Waals surface area (Å²) < 4.78 is 14.9. The molecule has 0 bridgehead atoms. The van der Waals surface area contributed by atoms with Gasteiger partial charge in [0.15, 0.2) is 0 Å². The molecule has 9 heteroatoms. The monoisotopic (exact) mass is 446 g/mol. The minimum Gasteiger partial charge on any atom is -0.325 e. The Labute approximate surface area is 182 Å². The molecule has 0 saturated carbocycles. The highest BCUT2D eigenvalue weighted by atomic mass is 35.5. The Balaban J connectivity index is 1.62. The van der Waals surface area contributed by atoms with Crippen LogP contribution < -0.4 is 10.6 Å². The minimum atomic E-state index is -0.808. The fraction of sp³-hybridized carbons (Fsp3) is 0.190. The van der Waals surface area contributed by atoms with E-state index in [2.05, 4.69) is 15.7 Å². The lowest BCUT2D eigenvalue weighted by molar-refractivity contribution is -0.123. The predicted octanol–water partition coefficient (Wildman–Crippen LogP) is 5.08. The van der Waals surface area contributed by atoms with Gasteiger partial charge in [0.05, 0.1) is 27.8 Å². The van der Waals surface area contributed by atoms with Gasteiger partial charge in [0, 0.05) is 5.56 Å². The molecule has 2 aromatic carbocycles. The molecule has 6 nitrogen and oxygen atoms in total. The van der Waals surface area contributed by atoms with Gasteiger partial charge in [-0.25, -0.2) is 9.07 Å². The second-order valence-electron chi connectivity index (χ2n) is 6.83. The Morgan fingerprint density at radius 3 is 2.67 bits per heavy atom. The maximum atomic E-state index is 13.3. The number of aryl methyl sites for hydroxylation is 1. The Bertz CT molecular complexity index is 1140. The number of nitrogens with zero attached hydrogens (tertiary/aromatic N) is 2. The van der Waals surface area contributed by atoms with Crippen molar-refractivity contribution in [2.24, 2.45) is 0 Å². The first-order valence-corrected chi connectivity index (χ1v) is 10.1. The molecule has 1 aliphatic rings. The van der Waals surface area contributed by atoms with Gasteiger partial charge in [0.25, 0.3) is 5.91 Å². The summed E-state index contributed by atoms with van der Waals surface area (Å²) in [5, 5.41) is 10.6. The fourth-order valence-corrected chi connectivity index (χ4v) is 3.81. The summed E-state index contributed by atoms with van der Waals surface area (Å²) in [6.07, 6.45) is 0.481. The van der Waals surface area contributed by atoms with Crippen molar-refractivity contribution in [2.75, 3.05) is 10.6 Å². The third-order valence-corrected chi connectivity index (χ3v) is 5.71. The van der Waals surface area contributed by atoms with Gasteiger partial charge in [-0.3, -0.25) is 9.59 Å². The molecule has 30 heavy (non-hydrogen) atoms. The van der Waals surface area contributed by atoms with Gasteiger partial charge >= 0.3 is 0 Å². The van der Waals surface area contributed by atoms with Gasteiger partial charge in [-0.1, -0.05) is 48.3 Å². The molecule has 154 valence electrons. The van der Waals surface area contributed by atoms with E-state index < -0.39 is 11.9 Å². The van der Waals surface area contributed by atoms with E-state index in [0.717, 1.165) is 16.8 Å². The highest BCUT2D eigenvalue weighted by molar-refractivity contribution is 6.44. The maximum absolute atomic E-state index is 13.3. The summed E-state index contributed by atoms with van der Waals surface area (Å²) >= 11 is 12.1. The van der Waals surface area contributed by atoms with Crippen molar-refractivity contribution in [3.05, 3.63) is 64.0 Å². The zero-order chi connectivity index (χ0) is 21.4. The van der Waals surface area contributed by atoms with Crippen LogP contribution in [0.1, 0.15) is 25.1 Å². The largest absolute Gasteiger partial charge is 0.325 e. The quantitative estimate of drug-likeness (QED) is 0.573. The van der Waals surface area contributed by atoms with Crippen LogP contribution in [0, 0.1) is 5.82 Å². The van der Waals surface area contributed by atoms with Crippen molar-refractivity contribution in [3.8, 4) is 11.1 Å². The van der Waals surface area contributed by atoms with E-state index >= 15 is 0 Å². The number of carbonyl (C=O) groups excluding carboxylic acids is 2. The first kappa shape index (κ1) is 20.4. The minimum absolute atomic E-state index is 0.130. The molecule has 3 aromatic rings. The molecule has 0 radical (unpaired) electrons. The molecule has 1 atom stereocenters. The number of fused-ring (bicyclic) bond motifs is 1. The van der Waals surface area contributed by atoms with Crippen molar-refractivity contribution >= 4 is 46.5 Å². The van der Waals surface area contributed by atoms with E-state index in [4.69, 9.17) is 23.2 Å². The Morgan fingerprint density at radius 2 is 1.97 bits per heavy atom. The number of anilines is 2. The van der Waals surface area contributed by atoms with Crippen LogP contribution in [0.15, 0.2) is 42.5 Å². The third-order valence-electron chi connectivity index (χ3n) is 4.89. The Morgan fingerprint density at radius 1 is 1.23 bits per heavy atom. The Kier molecular flexibility index (Phi) is 5.49. The number of carbonyl (C=O) groups is 2. The summed E-state index contributed by atoms with van der Waals surface area (Å²) in [4.78, 5) is 25.2. The van der Waals surface area contributed by atoms with E-state index in [1.54, 1.807) is 30.3 Å². The second kappa shape index (κ2) is 8.08. The van der Waals surface area contributed by atoms with E-state index in [-0.39, 0.29) is 23.2 Å². The molecule has 1 aliphatic heterocycles. The standard InChI is InChI=1S/C21H17Cl2FN4O2/c1-2-14-18(11-6-8-12(24)9-7-11)20-26-21(30)16(28(20)27-14)10-17(29)25-15-5-3-4-13(22)19(15)23/h3-9,16H,2,10H2,1H3,(H,25,29)(H,26,30). The molecule has 0 aliphatic carbocycles. The van der Waals surface area contributed by atoms with Gasteiger partial charge < -0.3 is 10.6 Å². The summed E-state index contributed by atoms with van der Waals surface area (Å²) in [7, 11) is 0. The average Bonchev–Trinajstić information content (AvgIpc) is 3.21. The van der Waals surface area contributed by atoms with Gasteiger partial charge in [-0.15, -0.1) is 0 Å². The third kappa shape index (κ3) is 3.66. The van der Waals surface area contributed by atoms with E-state index in [9.17, 15) is 14.0 Å². The van der Waals surface area contributed by atoms with E-state index in [0.29, 0.717) is 22.9 Å². The number of benzene rings is 2. The van der Waals surface area contributed by atoms with Crippen molar-refractivity contribution in [1.29, 1.82) is 0 Å². The number of amides is 2. The van der Waals surface area contributed by atoms with Crippen LogP contribution >= 0.6 is 23.2 Å². The lowest BCUT2D eigenvalue weighted by atomic mass is 10.0. The molecule has 1 aromatic heterocycles. The van der Waals surface area contributed by atoms with Gasteiger partial charge in [0.1, 0.15) is 17.7 Å². The summed E-state index contributed by atoms with van der Waals surface area (Å²) in [5.74, 6) is -0.583. The summed E-state index contributed by atoms with van der Waals surface area (Å²) in [5.41, 5.74) is 2.59. The molecule has 0 spiro atoms. The zero-order valence-electron chi connectivity index (χ0n) is 15.9. The van der Waals surface area contributed by atoms with Crippen LogP contribution in [0.4, 0.5) is 15.9 Å². The topological polar surface area (TPSA) is 76.0 Å². The van der Waals surface area contributed by atoms with Crippen molar-refractivity contribution in [1.82, 2.24) is 9.78 Å². The lowest BCUT2D eigenvalue weighted by Crippen LogP contribution is -2.24. The molecule has 4 rings (SSSR count). The molecular weight excluding hydrogens is 430 g/mol. The molecule has 0 fully saturated rings. The zero-order valence-corrected chi connectivity index (χ0v) is 17.4. The van der Waals surface area contributed by atoms with Crippen LogP contribution in [0.3, 0.4) is 0 Å². The number of aromatic nitrogens is 2. The Hall–Kier alpha value is -2.90. The maximum Gasteiger partial charge on any atom is 0.251 e. The van der Waals surface area contributed by atoms with E-state index in [1.165, 1.54) is 16.8 Å². The fourth-order valence-electron chi connectivity index (χ4n) is 3.46. The van der Waals surface area contributed by atoms with Crippen molar-refractivity contribution < 1.29 is 14.0 Å². The predicted molar refractivity (Wildman–Crippen MR) is 114 cm³/mol. The van der Waals surface area contributed by atoms with Crippen LogP contribution in [-0.2, 0) is 16.0 Å². The number of hydrogen-bond acceptors (Lipinski definition) is 3. The summed E-state index contributed by atoms with van der Waals surface area (Å²) in [6, 6.07) is 10.1. The molecule has 2 heterocycles. The van der Waals surface area contributed by atoms with Gasteiger partial charge in [0.2, 0.25) is 5.91 Å². The van der Waals surface area contributed by atoms with Crippen LogP contribution in [0.25, 0.3) is 11.1 Å². The number of rotatable bonds is 5. The smallest absolute Gasteiger partial charge is 0.251 e. The first-order chi connectivity index (χ1) is 14.4. The molecule has 2 N–H and O–H groups in total. The number of halogens is 3. The van der Waals surface area contributed by atoms with Crippen LogP contribution in [0.2, 0.25) is 10.0 Å². The highest BCUT2D eigenvalue weighted by Gasteiger charge is 2.36. The van der Waals surface area contributed by atoms with Gasteiger partial charge in [-0.2, -0.15) is 5.10 Å². The van der Waals surface area contributed by atoms with Crippen LogP contribution in [0.5, 0.6) is 0 Å². The van der Waals surface area contributed by atoms with Crippen molar-refractivity contribution in [2.45, 2.75) is 25.8 Å². The molecule has 1 unspecified atom stereocenters. The number of hydrogen-bond donors (Lipinski definition) is 2. The summed E-state index contributed by atoms with van der Waals surface area (Å²) in [6.45, 7) is 1.94. The van der Waals surface area contributed by atoms with Crippen molar-refractivity contribution in [3.63, 3.8) is 0 Å². The second-order valence-corrected chi connectivity index (χ2v) is 7.62.